The topological polar surface area (TPSA) is 65.8 Å². The van der Waals surface area contributed by atoms with Gasteiger partial charge in [0.25, 0.3) is 0 Å². The second-order valence-electron chi connectivity index (χ2n) is 5.71. The first-order valence-corrected chi connectivity index (χ1v) is 7.25. The fraction of sp³-hybridized carbons (Fsp3) is 0.600. The predicted octanol–water partition coefficient (Wildman–Crippen LogP) is 0.621. The first kappa shape index (κ1) is 15.6. The van der Waals surface area contributed by atoms with Gasteiger partial charge in [0.05, 0.1) is 12.8 Å². The minimum absolute atomic E-state index is 0.101. The smallest absolute Gasteiger partial charge is 0.244 e. The van der Waals surface area contributed by atoms with Crippen LogP contribution in [0.2, 0.25) is 0 Å². The third-order valence-electron chi connectivity index (χ3n) is 3.67. The van der Waals surface area contributed by atoms with Crippen molar-refractivity contribution in [3.05, 3.63) is 23.7 Å². The summed E-state index contributed by atoms with van der Waals surface area (Å²) in [4.78, 5) is 27.4. The van der Waals surface area contributed by atoms with Crippen LogP contribution in [0.3, 0.4) is 0 Å². The van der Waals surface area contributed by atoms with Crippen molar-refractivity contribution in [3.63, 3.8) is 0 Å². The SMILES string of the molecule is CC(NC(=O)CN1CCCc2occc2C1)C(=O)N(C)C. The van der Waals surface area contributed by atoms with Crippen LogP contribution < -0.4 is 5.32 Å². The zero-order valence-corrected chi connectivity index (χ0v) is 12.9. The summed E-state index contributed by atoms with van der Waals surface area (Å²) in [5, 5.41) is 2.75. The fourth-order valence-corrected chi connectivity index (χ4v) is 2.58. The normalized spacial score (nSPS) is 16.7. The molecule has 0 aromatic carbocycles. The molecule has 0 spiro atoms. The van der Waals surface area contributed by atoms with Gasteiger partial charge in [0.2, 0.25) is 11.8 Å². The summed E-state index contributed by atoms with van der Waals surface area (Å²) < 4.78 is 5.43. The van der Waals surface area contributed by atoms with E-state index in [9.17, 15) is 9.59 Å². The molecule has 0 fully saturated rings. The highest BCUT2D eigenvalue weighted by molar-refractivity contribution is 5.87. The van der Waals surface area contributed by atoms with E-state index in [0.717, 1.165) is 37.3 Å². The van der Waals surface area contributed by atoms with Gasteiger partial charge in [0.1, 0.15) is 11.8 Å². The zero-order chi connectivity index (χ0) is 15.4. The van der Waals surface area contributed by atoms with E-state index >= 15 is 0 Å². The minimum atomic E-state index is -0.496. The van der Waals surface area contributed by atoms with Gasteiger partial charge in [-0.15, -0.1) is 0 Å². The van der Waals surface area contributed by atoms with Crippen molar-refractivity contribution in [1.82, 2.24) is 15.1 Å². The highest BCUT2D eigenvalue weighted by Crippen LogP contribution is 2.19. The number of nitrogens with zero attached hydrogens (tertiary/aromatic N) is 2. The van der Waals surface area contributed by atoms with Crippen molar-refractivity contribution in [2.24, 2.45) is 0 Å². The molecule has 0 saturated carbocycles. The molecule has 0 bridgehead atoms. The van der Waals surface area contributed by atoms with E-state index in [0.29, 0.717) is 6.54 Å². The van der Waals surface area contributed by atoms with E-state index in [1.165, 1.54) is 4.90 Å². The van der Waals surface area contributed by atoms with Crippen molar-refractivity contribution < 1.29 is 14.0 Å². The molecule has 1 aromatic rings. The number of nitrogens with one attached hydrogen (secondary N) is 1. The Morgan fingerprint density at radius 1 is 1.48 bits per heavy atom. The summed E-state index contributed by atoms with van der Waals surface area (Å²) in [6.45, 7) is 3.58. The first-order chi connectivity index (χ1) is 9.97. The molecule has 0 aliphatic carbocycles. The maximum atomic E-state index is 12.1. The lowest BCUT2D eigenvalue weighted by Gasteiger charge is -2.22. The Morgan fingerprint density at radius 3 is 2.95 bits per heavy atom. The number of hydrogen-bond acceptors (Lipinski definition) is 4. The molecule has 1 unspecified atom stereocenters. The quantitative estimate of drug-likeness (QED) is 0.884. The summed E-state index contributed by atoms with van der Waals surface area (Å²) in [6, 6.07) is 1.47. The lowest BCUT2D eigenvalue weighted by molar-refractivity contribution is -0.134. The molecule has 1 atom stereocenters. The van der Waals surface area contributed by atoms with Crippen molar-refractivity contribution in [3.8, 4) is 0 Å². The highest BCUT2D eigenvalue weighted by atomic mass is 16.3. The Labute approximate surface area is 125 Å². The van der Waals surface area contributed by atoms with Crippen LogP contribution in [0.15, 0.2) is 16.7 Å². The molecule has 2 heterocycles. The number of carbonyl (C=O) groups is 2. The van der Waals surface area contributed by atoms with E-state index in [4.69, 9.17) is 4.42 Å². The number of carbonyl (C=O) groups excluding carboxylic acids is 2. The summed E-state index contributed by atoms with van der Waals surface area (Å²) in [5.74, 6) is 0.801. The van der Waals surface area contributed by atoms with Crippen LogP contribution in [0, 0.1) is 0 Å². The van der Waals surface area contributed by atoms with Crippen molar-refractivity contribution >= 4 is 11.8 Å². The Morgan fingerprint density at radius 2 is 2.24 bits per heavy atom. The molecule has 0 saturated heterocycles. The number of rotatable bonds is 4. The molecule has 6 nitrogen and oxygen atoms in total. The number of likely N-dealkylation sites (N-methyl/N-ethyl adjacent to an activating group) is 1. The highest BCUT2D eigenvalue weighted by Gasteiger charge is 2.21. The first-order valence-electron chi connectivity index (χ1n) is 7.25. The molecular formula is C15H23N3O3. The van der Waals surface area contributed by atoms with E-state index < -0.39 is 6.04 Å². The third-order valence-corrected chi connectivity index (χ3v) is 3.67. The molecule has 1 aliphatic rings. The van der Waals surface area contributed by atoms with E-state index in [-0.39, 0.29) is 11.8 Å². The standard InChI is InChI=1S/C15H23N3O3/c1-11(15(20)17(2)3)16-14(19)10-18-7-4-5-13-12(9-18)6-8-21-13/h6,8,11H,4-5,7,9-10H2,1-3H3,(H,16,19). The Hall–Kier alpha value is -1.82. The van der Waals surface area contributed by atoms with Gasteiger partial charge in [-0.25, -0.2) is 0 Å². The summed E-state index contributed by atoms with van der Waals surface area (Å²) >= 11 is 0. The number of fused-ring (bicyclic) bond motifs is 1. The van der Waals surface area contributed by atoms with Gasteiger partial charge in [0.15, 0.2) is 0 Å². The molecule has 1 aromatic heterocycles. The van der Waals surface area contributed by atoms with Gasteiger partial charge in [-0.05, 0) is 26.0 Å². The maximum absolute atomic E-state index is 12.1. The molecule has 2 amide bonds. The second-order valence-corrected chi connectivity index (χ2v) is 5.71. The van der Waals surface area contributed by atoms with Crippen LogP contribution >= 0.6 is 0 Å². The number of aryl methyl sites for hydroxylation is 1. The maximum Gasteiger partial charge on any atom is 0.244 e. The lowest BCUT2D eigenvalue weighted by Crippen LogP contribution is -2.47. The van der Waals surface area contributed by atoms with Crippen LogP contribution in [-0.2, 0) is 22.6 Å². The molecule has 1 N–H and O–H groups in total. The van der Waals surface area contributed by atoms with Gasteiger partial charge >= 0.3 is 0 Å². The second kappa shape index (κ2) is 6.76. The fourth-order valence-electron chi connectivity index (χ4n) is 2.58. The summed E-state index contributed by atoms with van der Waals surface area (Å²) in [7, 11) is 3.36. The van der Waals surface area contributed by atoms with Crippen LogP contribution in [0.4, 0.5) is 0 Å². The monoisotopic (exact) mass is 293 g/mol. The Kier molecular flexibility index (Phi) is 5.01. The minimum Gasteiger partial charge on any atom is -0.469 e. The lowest BCUT2D eigenvalue weighted by atomic mass is 10.2. The molecule has 116 valence electrons. The van der Waals surface area contributed by atoms with Gasteiger partial charge in [0, 0.05) is 32.6 Å². The molecule has 1 aliphatic heterocycles. The van der Waals surface area contributed by atoms with Crippen molar-refractivity contribution in [1.29, 1.82) is 0 Å². The number of furan rings is 1. The zero-order valence-electron chi connectivity index (χ0n) is 12.9. The van der Waals surface area contributed by atoms with Crippen LogP contribution in [0.25, 0.3) is 0 Å². The van der Waals surface area contributed by atoms with E-state index in [2.05, 4.69) is 10.2 Å². The average molecular weight is 293 g/mol. The number of amides is 2. The van der Waals surface area contributed by atoms with E-state index in [1.54, 1.807) is 27.3 Å². The third kappa shape index (κ3) is 4.07. The summed E-state index contributed by atoms with van der Waals surface area (Å²) in [5.41, 5.74) is 1.15. The van der Waals surface area contributed by atoms with Crippen molar-refractivity contribution in [2.45, 2.75) is 32.4 Å². The van der Waals surface area contributed by atoms with Crippen LogP contribution in [0.1, 0.15) is 24.7 Å². The largest absolute Gasteiger partial charge is 0.469 e. The van der Waals surface area contributed by atoms with Crippen molar-refractivity contribution in [2.75, 3.05) is 27.2 Å². The van der Waals surface area contributed by atoms with Gasteiger partial charge in [-0.1, -0.05) is 0 Å². The van der Waals surface area contributed by atoms with E-state index in [1.807, 2.05) is 6.07 Å². The van der Waals surface area contributed by atoms with Gasteiger partial charge in [-0.2, -0.15) is 0 Å². The molecule has 6 heteroatoms. The predicted molar refractivity (Wildman–Crippen MR) is 78.6 cm³/mol. The Bertz CT molecular complexity index is 510. The Balaban J connectivity index is 1.87. The van der Waals surface area contributed by atoms with Crippen LogP contribution in [-0.4, -0.2) is 54.8 Å². The molecule has 2 rings (SSSR count). The van der Waals surface area contributed by atoms with Gasteiger partial charge in [-0.3, -0.25) is 14.5 Å². The average Bonchev–Trinajstić information content (AvgIpc) is 2.76. The van der Waals surface area contributed by atoms with Crippen LogP contribution in [0.5, 0.6) is 0 Å². The van der Waals surface area contributed by atoms with Gasteiger partial charge < -0.3 is 14.6 Å². The molecular weight excluding hydrogens is 270 g/mol. The number of hydrogen-bond donors (Lipinski definition) is 1. The molecule has 0 radical (unpaired) electrons. The summed E-state index contributed by atoms with van der Waals surface area (Å²) in [6.07, 6.45) is 3.59. The molecule has 21 heavy (non-hydrogen) atoms.